The first-order valence-electron chi connectivity index (χ1n) is 11.0. The quantitative estimate of drug-likeness (QED) is 0.297. The van der Waals surface area contributed by atoms with Gasteiger partial charge in [-0.05, 0) is 25.3 Å². The summed E-state index contributed by atoms with van der Waals surface area (Å²) in [6.45, 7) is 2.86. The molecule has 2 aliphatic heterocycles. The molecule has 4 N–H and O–H groups in total. The molecule has 3 rings (SSSR count). The molecular weight excluding hydrogens is 406 g/mol. The van der Waals surface area contributed by atoms with E-state index < -0.39 is 42.4 Å². The van der Waals surface area contributed by atoms with Crippen LogP contribution in [0.3, 0.4) is 0 Å². The molecule has 9 nitrogen and oxygen atoms in total. The molecule has 0 spiro atoms. The number of nitrogens with zero attached hydrogens (tertiary/aromatic N) is 1. The van der Waals surface area contributed by atoms with Crippen LogP contribution < -0.4 is 5.56 Å². The van der Waals surface area contributed by atoms with Gasteiger partial charge < -0.3 is 34.5 Å². The Bertz CT molecular complexity index is 856. The lowest BCUT2D eigenvalue weighted by Crippen LogP contribution is -2.52. The fraction of sp³-hybridized carbons (Fsp3) is 0.727. The second-order valence-corrected chi connectivity index (χ2v) is 8.38. The maximum absolute atomic E-state index is 13.3. The Labute approximate surface area is 181 Å². The van der Waals surface area contributed by atoms with Gasteiger partial charge in [0.05, 0.1) is 36.4 Å². The van der Waals surface area contributed by atoms with Gasteiger partial charge in [0.25, 0.3) is 5.56 Å². The van der Waals surface area contributed by atoms with Crippen LogP contribution in [0.4, 0.5) is 0 Å². The van der Waals surface area contributed by atoms with Crippen molar-refractivity contribution < 1.29 is 34.7 Å². The molecular formula is C22H33NO8. The normalized spacial score (nSPS) is 26.8. The third kappa shape index (κ3) is 3.62. The minimum absolute atomic E-state index is 0.153. The van der Waals surface area contributed by atoms with Crippen LogP contribution >= 0.6 is 0 Å². The molecule has 174 valence electrons. The number of rotatable bonds is 10. The first kappa shape index (κ1) is 23.9. The predicted octanol–water partition coefficient (Wildman–Crippen LogP) is 0.0651. The number of cyclic esters (lactones) is 1. The predicted molar refractivity (Wildman–Crippen MR) is 110 cm³/mol. The third-order valence-corrected chi connectivity index (χ3v) is 6.87. The van der Waals surface area contributed by atoms with Gasteiger partial charge in [0.15, 0.2) is 5.60 Å². The van der Waals surface area contributed by atoms with E-state index in [2.05, 4.69) is 6.92 Å². The highest BCUT2D eigenvalue weighted by atomic mass is 16.6. The number of unbranched alkanes of at least 4 members (excludes halogenated alkanes) is 2. The second-order valence-electron chi connectivity index (χ2n) is 8.38. The zero-order chi connectivity index (χ0) is 22.8. The van der Waals surface area contributed by atoms with E-state index in [0.29, 0.717) is 17.7 Å². The molecule has 0 saturated carbocycles. The highest BCUT2D eigenvalue weighted by Gasteiger charge is 2.54. The summed E-state index contributed by atoms with van der Waals surface area (Å²) in [5.74, 6) is -0.572. The highest BCUT2D eigenvalue weighted by Crippen LogP contribution is 2.44. The lowest BCUT2D eigenvalue weighted by atomic mass is 9.72. The van der Waals surface area contributed by atoms with E-state index in [1.807, 2.05) is 0 Å². The smallest absolute Gasteiger partial charge is 0.343 e. The molecule has 0 radical (unpaired) electrons. The molecule has 9 heteroatoms. The van der Waals surface area contributed by atoms with E-state index in [4.69, 9.17) is 9.47 Å². The number of hydrogen-bond donors (Lipinski definition) is 4. The van der Waals surface area contributed by atoms with Gasteiger partial charge in [0.2, 0.25) is 0 Å². The number of aliphatic hydroxyl groups is 4. The van der Waals surface area contributed by atoms with Crippen LogP contribution in [0.15, 0.2) is 10.9 Å². The first-order valence-corrected chi connectivity index (χ1v) is 11.0. The molecule has 3 unspecified atom stereocenters. The van der Waals surface area contributed by atoms with Crippen LogP contribution in [0.1, 0.15) is 62.8 Å². The summed E-state index contributed by atoms with van der Waals surface area (Å²) in [5, 5.41) is 40.6. The number of hydrogen-bond acceptors (Lipinski definition) is 8. The maximum atomic E-state index is 13.3. The Hall–Kier alpha value is -1.78. The Balaban J connectivity index is 2.20. The van der Waals surface area contributed by atoms with Gasteiger partial charge in [-0.1, -0.05) is 26.7 Å². The van der Waals surface area contributed by atoms with E-state index in [0.717, 1.165) is 19.3 Å². The van der Waals surface area contributed by atoms with E-state index in [9.17, 15) is 30.0 Å². The van der Waals surface area contributed by atoms with Crippen molar-refractivity contribution in [2.45, 2.75) is 82.3 Å². The summed E-state index contributed by atoms with van der Waals surface area (Å²) < 4.78 is 12.8. The molecule has 31 heavy (non-hydrogen) atoms. The molecule has 0 amide bonds. The summed E-state index contributed by atoms with van der Waals surface area (Å²) in [5.41, 5.74) is -2.32. The number of aromatic nitrogens is 1. The van der Waals surface area contributed by atoms with Crippen LogP contribution in [-0.4, -0.2) is 63.0 Å². The van der Waals surface area contributed by atoms with Crippen molar-refractivity contribution in [1.29, 1.82) is 0 Å². The van der Waals surface area contributed by atoms with E-state index in [-0.39, 0.29) is 37.2 Å². The molecule has 3 heterocycles. The monoisotopic (exact) mass is 439 g/mol. The Morgan fingerprint density at radius 3 is 2.42 bits per heavy atom. The first-order chi connectivity index (χ1) is 14.8. The largest absolute Gasteiger partial charge is 0.458 e. The number of carbonyl (C=O) groups is 1. The van der Waals surface area contributed by atoms with Gasteiger partial charge in [-0.2, -0.15) is 0 Å². The molecule has 0 saturated heterocycles. The average Bonchev–Trinajstić information content (AvgIpc) is 3.18. The SMILES string of the molecule is CCCCCOC1(CC)C(=O)OCc2c1cc1n(c2=O)CCC1(C(O)CO)C(O)CO. The fourth-order valence-electron chi connectivity index (χ4n) is 4.98. The Kier molecular flexibility index (Phi) is 7.22. The molecule has 1 aromatic rings. The highest BCUT2D eigenvalue weighted by molar-refractivity contribution is 5.83. The fourth-order valence-corrected chi connectivity index (χ4v) is 4.98. The van der Waals surface area contributed by atoms with Crippen molar-refractivity contribution in [2.75, 3.05) is 19.8 Å². The van der Waals surface area contributed by atoms with Crippen molar-refractivity contribution in [1.82, 2.24) is 4.57 Å². The molecule has 0 fully saturated rings. The maximum Gasteiger partial charge on any atom is 0.343 e. The molecule has 0 bridgehead atoms. The number of pyridine rings is 1. The molecule has 1 aromatic heterocycles. The third-order valence-electron chi connectivity index (χ3n) is 6.87. The van der Waals surface area contributed by atoms with Crippen LogP contribution in [0, 0.1) is 0 Å². The van der Waals surface area contributed by atoms with Crippen molar-refractivity contribution in [3.8, 4) is 0 Å². The lowest BCUT2D eigenvalue weighted by molar-refractivity contribution is -0.181. The van der Waals surface area contributed by atoms with Gasteiger partial charge in [0.1, 0.15) is 6.61 Å². The van der Waals surface area contributed by atoms with E-state index >= 15 is 0 Å². The molecule has 2 aliphatic rings. The van der Waals surface area contributed by atoms with Crippen LogP contribution in [0.5, 0.6) is 0 Å². The van der Waals surface area contributed by atoms with Crippen molar-refractivity contribution in [3.05, 3.63) is 33.2 Å². The minimum atomic E-state index is -1.46. The number of carbonyl (C=O) groups excluding carboxylic acids is 1. The number of fused-ring (bicyclic) bond motifs is 2. The van der Waals surface area contributed by atoms with Crippen LogP contribution in [0.2, 0.25) is 0 Å². The zero-order valence-corrected chi connectivity index (χ0v) is 18.2. The zero-order valence-electron chi connectivity index (χ0n) is 18.2. The van der Waals surface area contributed by atoms with Gasteiger partial charge in [-0.3, -0.25) is 4.79 Å². The summed E-state index contributed by atoms with van der Waals surface area (Å²) >= 11 is 0. The average molecular weight is 440 g/mol. The minimum Gasteiger partial charge on any atom is -0.458 e. The lowest BCUT2D eigenvalue weighted by Gasteiger charge is -2.40. The second kappa shape index (κ2) is 9.38. The number of esters is 1. The van der Waals surface area contributed by atoms with Crippen molar-refractivity contribution in [2.24, 2.45) is 0 Å². The van der Waals surface area contributed by atoms with Crippen LogP contribution in [-0.2, 0) is 38.4 Å². The van der Waals surface area contributed by atoms with E-state index in [1.54, 1.807) is 13.0 Å². The summed E-state index contributed by atoms with van der Waals surface area (Å²) in [4.78, 5) is 26.2. The summed E-state index contributed by atoms with van der Waals surface area (Å²) in [6, 6.07) is 1.62. The molecule has 0 aromatic carbocycles. The van der Waals surface area contributed by atoms with Gasteiger partial charge in [-0.25, -0.2) is 4.79 Å². The summed E-state index contributed by atoms with van der Waals surface area (Å²) in [7, 11) is 0. The van der Waals surface area contributed by atoms with E-state index in [1.165, 1.54) is 4.57 Å². The van der Waals surface area contributed by atoms with Gasteiger partial charge >= 0.3 is 5.97 Å². The summed E-state index contributed by atoms with van der Waals surface area (Å²) in [6.07, 6.45) is 0.255. The number of ether oxygens (including phenoxy) is 2. The number of aliphatic hydroxyl groups excluding tert-OH is 4. The van der Waals surface area contributed by atoms with Crippen LogP contribution in [0.25, 0.3) is 0 Å². The Morgan fingerprint density at radius 2 is 1.84 bits per heavy atom. The molecule has 3 atom stereocenters. The topological polar surface area (TPSA) is 138 Å². The van der Waals surface area contributed by atoms with Gasteiger partial charge in [-0.15, -0.1) is 0 Å². The van der Waals surface area contributed by atoms with Crippen molar-refractivity contribution >= 4 is 5.97 Å². The van der Waals surface area contributed by atoms with Crippen molar-refractivity contribution in [3.63, 3.8) is 0 Å². The van der Waals surface area contributed by atoms with Gasteiger partial charge in [0, 0.05) is 24.4 Å². The molecule has 0 aliphatic carbocycles. The Morgan fingerprint density at radius 1 is 1.16 bits per heavy atom. The standard InChI is InChI=1S/C22H33NO8/c1-3-5-6-9-31-22(4-2)15-10-16-21(17(26)11-24,18(27)12-25)7-8-23(16)19(28)14(15)13-30-20(22)29/h10,17-18,24-27H,3-9,11-13H2,1-2H3.